The highest BCUT2D eigenvalue weighted by atomic mass is 32.1. The maximum atomic E-state index is 5.78. The number of nitrogens with zero attached hydrogens (tertiary/aromatic N) is 4. The molecule has 0 aliphatic carbocycles. The largest absolute Gasteiger partial charge is 0.389 e. The number of aryl methyl sites for hydroxylation is 3. The monoisotopic (exact) mass is 290 g/mol. The first-order valence-corrected chi connectivity index (χ1v) is 6.74. The van der Waals surface area contributed by atoms with Gasteiger partial charge in [-0.15, -0.1) is 10.2 Å². The Balaban J connectivity index is 2.13. The van der Waals surface area contributed by atoms with Gasteiger partial charge in [0.25, 0.3) is 0 Å². The van der Waals surface area contributed by atoms with Gasteiger partial charge in [-0.25, -0.2) is 0 Å². The van der Waals surface area contributed by atoms with Crippen molar-refractivity contribution in [3.63, 3.8) is 0 Å². The van der Waals surface area contributed by atoms with Gasteiger partial charge in [0.2, 0.25) is 0 Å². The van der Waals surface area contributed by atoms with Crippen LogP contribution in [0, 0.1) is 13.8 Å². The summed E-state index contributed by atoms with van der Waals surface area (Å²) in [5.41, 5.74) is 9.29. The van der Waals surface area contributed by atoms with Gasteiger partial charge in [0.05, 0.1) is 5.56 Å². The van der Waals surface area contributed by atoms with Gasteiger partial charge in [-0.1, -0.05) is 12.2 Å². The second-order valence-corrected chi connectivity index (χ2v) is 5.11. The van der Waals surface area contributed by atoms with Crippen molar-refractivity contribution in [3.8, 4) is 0 Å². The predicted octanol–water partition coefficient (Wildman–Crippen LogP) is 1.12. The highest BCUT2D eigenvalue weighted by Crippen LogP contribution is 2.19. The van der Waals surface area contributed by atoms with Crippen molar-refractivity contribution in [2.24, 2.45) is 12.8 Å². The van der Waals surface area contributed by atoms with Crippen LogP contribution in [-0.2, 0) is 13.5 Å². The average Bonchev–Trinajstić information content (AvgIpc) is 2.73. The third kappa shape index (κ3) is 3.11. The first kappa shape index (κ1) is 14.4. The van der Waals surface area contributed by atoms with Gasteiger partial charge in [0.1, 0.15) is 17.1 Å². The molecule has 0 aromatic carbocycles. The topological polar surface area (TPSA) is 81.7 Å². The number of thiocarbonyl (C=S) groups is 1. The Labute approximate surface area is 123 Å². The summed E-state index contributed by atoms with van der Waals surface area (Å²) in [5.74, 6) is 0.928. The van der Waals surface area contributed by atoms with Crippen molar-refractivity contribution in [2.75, 3.05) is 11.9 Å². The van der Waals surface area contributed by atoms with Crippen molar-refractivity contribution < 1.29 is 0 Å². The fraction of sp³-hybridized carbons (Fsp3) is 0.385. The van der Waals surface area contributed by atoms with Crippen LogP contribution in [0.3, 0.4) is 0 Å². The van der Waals surface area contributed by atoms with E-state index >= 15 is 0 Å². The smallest absolute Gasteiger partial charge is 0.134 e. The molecule has 0 radical (unpaired) electrons. The molecule has 6 nitrogen and oxygen atoms in total. The molecular weight excluding hydrogens is 272 g/mol. The number of hydrogen-bond donors (Lipinski definition) is 2. The molecule has 2 aromatic rings. The SMILES string of the molecule is Cc1cc(NCCc2nncn2C)c(C(N)=S)c(C)n1. The Morgan fingerprint density at radius 2 is 2.20 bits per heavy atom. The third-order valence-electron chi connectivity index (χ3n) is 3.04. The molecule has 2 aromatic heterocycles. The second kappa shape index (κ2) is 5.96. The van der Waals surface area contributed by atoms with E-state index in [0.29, 0.717) is 4.99 Å². The van der Waals surface area contributed by atoms with Gasteiger partial charge in [-0.2, -0.15) is 0 Å². The van der Waals surface area contributed by atoms with E-state index in [-0.39, 0.29) is 0 Å². The lowest BCUT2D eigenvalue weighted by atomic mass is 10.1. The fourth-order valence-electron chi connectivity index (χ4n) is 2.12. The normalized spacial score (nSPS) is 10.6. The first-order chi connectivity index (χ1) is 9.49. The van der Waals surface area contributed by atoms with E-state index in [2.05, 4.69) is 20.5 Å². The molecule has 0 fully saturated rings. The molecule has 0 saturated carbocycles. The van der Waals surface area contributed by atoms with Crippen LogP contribution in [0.5, 0.6) is 0 Å². The van der Waals surface area contributed by atoms with Crippen LogP contribution in [0.4, 0.5) is 5.69 Å². The molecule has 0 aliphatic rings. The van der Waals surface area contributed by atoms with Crippen molar-refractivity contribution in [2.45, 2.75) is 20.3 Å². The summed E-state index contributed by atoms with van der Waals surface area (Å²) in [4.78, 5) is 4.75. The van der Waals surface area contributed by atoms with Crippen LogP contribution in [-0.4, -0.2) is 31.3 Å². The molecule has 0 aliphatic heterocycles. The predicted molar refractivity (Wildman–Crippen MR) is 82.8 cm³/mol. The van der Waals surface area contributed by atoms with Crippen molar-refractivity contribution in [1.29, 1.82) is 0 Å². The van der Waals surface area contributed by atoms with E-state index in [9.17, 15) is 0 Å². The van der Waals surface area contributed by atoms with E-state index in [1.165, 1.54) is 0 Å². The molecule has 0 saturated heterocycles. The molecule has 20 heavy (non-hydrogen) atoms. The molecular formula is C13H18N6S. The summed E-state index contributed by atoms with van der Waals surface area (Å²) in [5, 5.41) is 11.3. The summed E-state index contributed by atoms with van der Waals surface area (Å²) in [6, 6.07) is 1.96. The second-order valence-electron chi connectivity index (χ2n) is 4.67. The lowest BCUT2D eigenvalue weighted by Gasteiger charge is -2.14. The lowest BCUT2D eigenvalue weighted by Crippen LogP contribution is -2.18. The highest BCUT2D eigenvalue weighted by Gasteiger charge is 2.11. The maximum absolute atomic E-state index is 5.78. The van der Waals surface area contributed by atoms with E-state index in [1.807, 2.05) is 31.5 Å². The molecule has 0 unspecified atom stereocenters. The van der Waals surface area contributed by atoms with Gasteiger partial charge in [-0.05, 0) is 19.9 Å². The lowest BCUT2D eigenvalue weighted by molar-refractivity contribution is 0.788. The highest BCUT2D eigenvalue weighted by molar-refractivity contribution is 7.80. The van der Waals surface area contributed by atoms with Gasteiger partial charge in [0.15, 0.2) is 0 Å². The van der Waals surface area contributed by atoms with E-state index in [1.54, 1.807) is 6.33 Å². The zero-order valence-electron chi connectivity index (χ0n) is 11.8. The molecule has 0 amide bonds. The molecule has 0 spiro atoms. The molecule has 2 rings (SSSR count). The Morgan fingerprint density at radius 3 is 2.80 bits per heavy atom. The van der Waals surface area contributed by atoms with Crippen molar-refractivity contribution >= 4 is 22.9 Å². The number of hydrogen-bond acceptors (Lipinski definition) is 5. The van der Waals surface area contributed by atoms with Gasteiger partial charge >= 0.3 is 0 Å². The molecule has 7 heteroatoms. The number of nitrogens with one attached hydrogen (secondary N) is 1. The number of pyridine rings is 1. The average molecular weight is 290 g/mol. The number of anilines is 1. The molecule has 2 heterocycles. The summed E-state index contributed by atoms with van der Waals surface area (Å²) in [6.45, 7) is 4.59. The molecule has 3 N–H and O–H groups in total. The Bertz CT molecular complexity index is 634. The van der Waals surface area contributed by atoms with Gasteiger partial charge in [0, 0.05) is 37.1 Å². The van der Waals surface area contributed by atoms with E-state index in [4.69, 9.17) is 18.0 Å². The Hall–Kier alpha value is -2.02. The van der Waals surface area contributed by atoms with Crippen LogP contribution in [0.15, 0.2) is 12.4 Å². The minimum absolute atomic E-state index is 0.358. The molecule has 0 bridgehead atoms. The standard InChI is InChI=1S/C13H18N6S/c1-8-6-10(12(13(14)20)9(2)17-8)15-5-4-11-18-16-7-19(11)3/h6-7H,4-5H2,1-3H3,(H2,14,20)(H,15,17). The van der Waals surface area contributed by atoms with E-state index < -0.39 is 0 Å². The molecule has 0 atom stereocenters. The van der Waals surface area contributed by atoms with Crippen LogP contribution in [0.1, 0.15) is 22.8 Å². The zero-order valence-corrected chi connectivity index (χ0v) is 12.7. The van der Waals surface area contributed by atoms with Crippen molar-refractivity contribution in [3.05, 3.63) is 35.2 Å². The van der Waals surface area contributed by atoms with E-state index in [0.717, 1.165) is 41.4 Å². The minimum Gasteiger partial charge on any atom is -0.389 e. The minimum atomic E-state index is 0.358. The fourth-order valence-corrected chi connectivity index (χ4v) is 2.38. The van der Waals surface area contributed by atoms with Gasteiger partial charge < -0.3 is 15.6 Å². The number of nitrogens with two attached hydrogens (primary N) is 1. The first-order valence-electron chi connectivity index (χ1n) is 6.34. The molecule has 106 valence electrons. The number of aromatic nitrogens is 4. The third-order valence-corrected chi connectivity index (χ3v) is 3.25. The Kier molecular flexibility index (Phi) is 4.29. The van der Waals surface area contributed by atoms with Gasteiger partial charge in [-0.3, -0.25) is 4.98 Å². The quantitative estimate of drug-likeness (QED) is 0.803. The van der Waals surface area contributed by atoms with Crippen LogP contribution < -0.4 is 11.1 Å². The summed E-state index contributed by atoms with van der Waals surface area (Å²) >= 11 is 5.10. The van der Waals surface area contributed by atoms with Crippen LogP contribution >= 0.6 is 12.2 Å². The zero-order chi connectivity index (χ0) is 14.7. The van der Waals surface area contributed by atoms with Crippen molar-refractivity contribution in [1.82, 2.24) is 19.7 Å². The number of rotatable bonds is 5. The Morgan fingerprint density at radius 1 is 1.45 bits per heavy atom. The summed E-state index contributed by atoms with van der Waals surface area (Å²) in [6.07, 6.45) is 2.46. The van der Waals surface area contributed by atoms with Crippen LogP contribution in [0.2, 0.25) is 0 Å². The summed E-state index contributed by atoms with van der Waals surface area (Å²) < 4.78 is 1.90. The van der Waals surface area contributed by atoms with Crippen LogP contribution in [0.25, 0.3) is 0 Å². The summed E-state index contributed by atoms with van der Waals surface area (Å²) in [7, 11) is 1.93. The maximum Gasteiger partial charge on any atom is 0.134 e.